The van der Waals surface area contributed by atoms with Gasteiger partial charge in [0, 0.05) is 28.8 Å². The number of thiophene rings is 1. The Labute approximate surface area is 199 Å². The minimum atomic E-state index is -0.230. The molecule has 1 amide bonds. The predicted molar refractivity (Wildman–Crippen MR) is 132 cm³/mol. The quantitative estimate of drug-likeness (QED) is 0.313. The average molecular weight is 481 g/mol. The number of ether oxygens (including phenoxy) is 2. The van der Waals surface area contributed by atoms with Gasteiger partial charge in [-0.25, -0.2) is 15.0 Å². The molecular weight excluding hydrogens is 456 g/mol. The summed E-state index contributed by atoms with van der Waals surface area (Å²) in [4.78, 5) is 27.4. The first-order chi connectivity index (χ1) is 15.8. The molecule has 0 saturated heterocycles. The van der Waals surface area contributed by atoms with Gasteiger partial charge in [0.2, 0.25) is 5.91 Å². The van der Waals surface area contributed by atoms with Gasteiger partial charge in [-0.15, -0.1) is 11.3 Å². The minimum Gasteiger partial charge on any atom is -0.497 e. The maximum absolute atomic E-state index is 12.5. The number of methoxy groups -OCH3 is 1. The van der Waals surface area contributed by atoms with Crippen molar-refractivity contribution in [2.24, 2.45) is 0 Å². The molecule has 33 heavy (non-hydrogen) atoms. The summed E-state index contributed by atoms with van der Waals surface area (Å²) < 4.78 is 12.2. The van der Waals surface area contributed by atoms with Crippen LogP contribution in [0, 0.1) is 6.92 Å². The van der Waals surface area contributed by atoms with Crippen molar-refractivity contribution in [3.8, 4) is 5.75 Å². The number of thioether (sulfide) groups is 1. The SMILES string of the molecule is COc1ccc(NC(=O)CSc2ncnc3c2sc2nc(C)c4c(c23)CC(C)(C)OC4)cc1. The topological polar surface area (TPSA) is 86.2 Å². The highest BCUT2D eigenvalue weighted by molar-refractivity contribution is 8.00. The zero-order chi connectivity index (χ0) is 23.2. The highest BCUT2D eigenvalue weighted by atomic mass is 32.2. The lowest BCUT2D eigenvalue weighted by molar-refractivity contribution is -0.113. The molecule has 0 unspecified atom stereocenters. The van der Waals surface area contributed by atoms with Gasteiger partial charge in [0.15, 0.2) is 0 Å². The Morgan fingerprint density at radius 2 is 2.03 bits per heavy atom. The van der Waals surface area contributed by atoms with E-state index in [1.54, 1.807) is 24.8 Å². The Kier molecular flexibility index (Phi) is 5.72. The summed E-state index contributed by atoms with van der Waals surface area (Å²) in [6.07, 6.45) is 2.39. The molecule has 0 radical (unpaired) electrons. The minimum absolute atomic E-state index is 0.0942. The maximum atomic E-state index is 12.5. The van der Waals surface area contributed by atoms with Gasteiger partial charge in [-0.1, -0.05) is 11.8 Å². The van der Waals surface area contributed by atoms with Gasteiger partial charge < -0.3 is 14.8 Å². The zero-order valence-electron chi connectivity index (χ0n) is 18.9. The van der Waals surface area contributed by atoms with E-state index in [2.05, 4.69) is 29.1 Å². The first-order valence-electron chi connectivity index (χ1n) is 10.6. The lowest BCUT2D eigenvalue weighted by atomic mass is 9.89. The van der Waals surface area contributed by atoms with Crippen LogP contribution in [0.2, 0.25) is 0 Å². The summed E-state index contributed by atoms with van der Waals surface area (Å²) in [5.41, 5.74) is 4.84. The second-order valence-electron chi connectivity index (χ2n) is 8.58. The highest BCUT2D eigenvalue weighted by Crippen LogP contribution is 2.42. The van der Waals surface area contributed by atoms with Crippen molar-refractivity contribution in [1.82, 2.24) is 15.0 Å². The van der Waals surface area contributed by atoms with E-state index in [0.29, 0.717) is 6.61 Å². The molecule has 5 rings (SSSR count). The number of benzene rings is 1. The molecule has 7 nitrogen and oxygen atoms in total. The number of hydrogen-bond donors (Lipinski definition) is 1. The number of pyridine rings is 1. The third kappa shape index (κ3) is 4.28. The van der Waals surface area contributed by atoms with Crippen molar-refractivity contribution in [3.05, 3.63) is 47.4 Å². The number of amides is 1. The standard InChI is InChI=1S/C24H24N4O3S2/c1-13-17-10-31-24(2,3)9-16(17)19-20-21(33-22(19)27-13)23(26-12-25-20)32-11-18(29)28-14-5-7-15(30-4)8-6-14/h5-8,12H,9-11H2,1-4H3,(H,28,29). The van der Waals surface area contributed by atoms with Gasteiger partial charge in [-0.05, 0) is 50.6 Å². The number of carbonyl (C=O) groups is 1. The van der Waals surface area contributed by atoms with Gasteiger partial charge in [0.1, 0.15) is 21.9 Å². The fraction of sp³-hybridized carbons (Fsp3) is 0.333. The van der Waals surface area contributed by atoms with E-state index in [-0.39, 0.29) is 17.3 Å². The van der Waals surface area contributed by atoms with Crippen LogP contribution in [0.1, 0.15) is 30.7 Å². The number of rotatable bonds is 5. The molecule has 0 aliphatic carbocycles. The van der Waals surface area contributed by atoms with Crippen LogP contribution >= 0.6 is 23.1 Å². The molecule has 1 aliphatic rings. The molecule has 1 N–H and O–H groups in total. The van der Waals surface area contributed by atoms with Crippen molar-refractivity contribution in [2.45, 2.75) is 44.4 Å². The van der Waals surface area contributed by atoms with E-state index in [9.17, 15) is 4.79 Å². The van der Waals surface area contributed by atoms with E-state index >= 15 is 0 Å². The number of anilines is 1. The fourth-order valence-electron chi connectivity index (χ4n) is 4.06. The first kappa shape index (κ1) is 22.1. The Balaban J connectivity index is 1.43. The van der Waals surface area contributed by atoms with E-state index in [0.717, 1.165) is 54.6 Å². The number of nitrogens with zero attached hydrogens (tertiary/aromatic N) is 3. The fourth-order valence-corrected chi connectivity index (χ4v) is 6.14. The average Bonchev–Trinajstić information content (AvgIpc) is 3.16. The van der Waals surface area contributed by atoms with Gasteiger partial charge >= 0.3 is 0 Å². The van der Waals surface area contributed by atoms with Crippen LogP contribution in [-0.4, -0.2) is 39.3 Å². The second kappa shape index (κ2) is 8.55. The number of carbonyl (C=O) groups excluding carboxylic acids is 1. The third-order valence-electron chi connectivity index (χ3n) is 5.72. The third-order valence-corrected chi connectivity index (χ3v) is 7.91. The molecule has 0 spiro atoms. The number of aryl methyl sites for hydroxylation is 1. The molecule has 1 aliphatic heterocycles. The Morgan fingerprint density at radius 1 is 1.24 bits per heavy atom. The molecule has 4 aromatic rings. The van der Waals surface area contributed by atoms with Gasteiger partial charge in [0.25, 0.3) is 0 Å². The number of aromatic nitrogens is 3. The smallest absolute Gasteiger partial charge is 0.234 e. The molecule has 9 heteroatoms. The van der Waals surface area contributed by atoms with Crippen LogP contribution in [-0.2, 0) is 22.6 Å². The monoisotopic (exact) mass is 480 g/mol. The van der Waals surface area contributed by atoms with E-state index < -0.39 is 0 Å². The molecule has 0 fully saturated rings. The molecular formula is C24H24N4O3S2. The molecule has 4 heterocycles. The van der Waals surface area contributed by atoms with E-state index in [1.807, 2.05) is 31.2 Å². The van der Waals surface area contributed by atoms with Crippen molar-refractivity contribution in [2.75, 3.05) is 18.2 Å². The van der Waals surface area contributed by atoms with E-state index in [4.69, 9.17) is 14.5 Å². The summed E-state index contributed by atoms with van der Waals surface area (Å²) in [6.45, 7) is 6.83. The van der Waals surface area contributed by atoms with Gasteiger partial charge in [0.05, 0.1) is 35.3 Å². The van der Waals surface area contributed by atoms with Crippen LogP contribution in [0.5, 0.6) is 5.75 Å². The van der Waals surface area contributed by atoms with Crippen molar-refractivity contribution in [3.63, 3.8) is 0 Å². The van der Waals surface area contributed by atoms with Crippen molar-refractivity contribution < 1.29 is 14.3 Å². The molecule has 170 valence electrons. The van der Waals surface area contributed by atoms with Crippen LogP contribution in [0.15, 0.2) is 35.6 Å². The predicted octanol–water partition coefficient (Wildman–Crippen LogP) is 5.14. The molecule has 0 bridgehead atoms. The van der Waals surface area contributed by atoms with Crippen LogP contribution in [0.25, 0.3) is 20.4 Å². The zero-order valence-corrected chi connectivity index (χ0v) is 20.5. The number of hydrogen-bond acceptors (Lipinski definition) is 8. The van der Waals surface area contributed by atoms with E-state index in [1.165, 1.54) is 17.3 Å². The Bertz CT molecular complexity index is 1370. The van der Waals surface area contributed by atoms with Gasteiger partial charge in [-0.3, -0.25) is 4.79 Å². The molecule has 0 atom stereocenters. The maximum Gasteiger partial charge on any atom is 0.234 e. The lowest BCUT2D eigenvalue weighted by Gasteiger charge is -2.32. The van der Waals surface area contributed by atoms with Crippen LogP contribution in [0.4, 0.5) is 5.69 Å². The van der Waals surface area contributed by atoms with Crippen molar-refractivity contribution in [1.29, 1.82) is 0 Å². The summed E-state index contributed by atoms with van der Waals surface area (Å²) in [7, 11) is 1.61. The molecule has 1 aromatic carbocycles. The Morgan fingerprint density at radius 3 is 2.79 bits per heavy atom. The largest absolute Gasteiger partial charge is 0.497 e. The summed E-state index contributed by atoms with van der Waals surface area (Å²) in [5.74, 6) is 0.900. The summed E-state index contributed by atoms with van der Waals surface area (Å²) >= 11 is 3.00. The molecule has 3 aromatic heterocycles. The number of fused-ring (bicyclic) bond motifs is 5. The normalized spacial score (nSPS) is 14.9. The second-order valence-corrected chi connectivity index (χ2v) is 10.5. The van der Waals surface area contributed by atoms with Crippen LogP contribution in [0.3, 0.4) is 0 Å². The number of nitrogens with one attached hydrogen (secondary N) is 1. The summed E-state index contributed by atoms with van der Waals surface area (Å²) in [6, 6.07) is 7.27. The highest BCUT2D eigenvalue weighted by Gasteiger charge is 2.31. The lowest BCUT2D eigenvalue weighted by Crippen LogP contribution is -2.32. The first-order valence-corrected chi connectivity index (χ1v) is 12.4. The van der Waals surface area contributed by atoms with Crippen molar-refractivity contribution >= 4 is 55.1 Å². The molecule has 0 saturated carbocycles. The Hall–Kier alpha value is -2.75. The summed E-state index contributed by atoms with van der Waals surface area (Å²) in [5, 5.41) is 4.81. The van der Waals surface area contributed by atoms with Crippen LogP contribution < -0.4 is 10.1 Å². The van der Waals surface area contributed by atoms with Gasteiger partial charge in [-0.2, -0.15) is 0 Å².